The van der Waals surface area contributed by atoms with Gasteiger partial charge in [-0.25, -0.2) is 0 Å². The molecular weight excluding hydrogens is 466 g/mol. The summed E-state index contributed by atoms with van der Waals surface area (Å²) in [4.78, 5) is 15.3. The smallest absolute Gasteiger partial charge is 0.128 e. The Bertz CT molecular complexity index is 1260. The molecule has 0 saturated carbocycles. The summed E-state index contributed by atoms with van der Waals surface area (Å²) in [5.74, 6) is 0.878. The highest BCUT2D eigenvalue weighted by molar-refractivity contribution is 6.07. The maximum absolute atomic E-state index is 5.72. The topological polar surface area (TPSA) is 46.8 Å². The number of para-hydroxylation sites is 2. The minimum Gasteiger partial charge on any atom is -0.496 e. The lowest BCUT2D eigenvalue weighted by molar-refractivity contribution is 0.406. The molecule has 0 unspecified atom stereocenters. The molecule has 0 spiro atoms. The van der Waals surface area contributed by atoms with Crippen LogP contribution in [0.2, 0.25) is 0 Å². The molecule has 0 aliphatic rings. The number of pyridine rings is 1. The Kier molecular flexibility index (Phi) is 8.97. The van der Waals surface area contributed by atoms with Crippen LogP contribution in [0.3, 0.4) is 0 Å². The highest BCUT2D eigenvalue weighted by Crippen LogP contribution is 2.34. The van der Waals surface area contributed by atoms with Gasteiger partial charge in [0.25, 0.3) is 0 Å². The van der Waals surface area contributed by atoms with Crippen molar-refractivity contribution >= 4 is 22.8 Å². The fourth-order valence-corrected chi connectivity index (χ4v) is 5.01. The minimum atomic E-state index is -0.0188. The summed E-state index contributed by atoms with van der Waals surface area (Å²) < 4.78 is 5.72. The Balaban J connectivity index is 2.17. The molecule has 0 radical (unpaired) electrons. The molecule has 202 valence electrons. The minimum absolute atomic E-state index is 0.00683. The monoisotopic (exact) mass is 511 g/mol. The largest absolute Gasteiger partial charge is 0.496 e. The molecule has 3 rings (SSSR count). The molecule has 0 saturated heterocycles. The Morgan fingerprint density at radius 2 is 1.24 bits per heavy atom. The predicted molar refractivity (Wildman–Crippen MR) is 163 cm³/mol. The van der Waals surface area contributed by atoms with E-state index in [1.165, 1.54) is 11.1 Å². The van der Waals surface area contributed by atoms with Gasteiger partial charge in [-0.1, -0.05) is 77.9 Å². The summed E-state index contributed by atoms with van der Waals surface area (Å²) >= 11 is 0. The second kappa shape index (κ2) is 11.6. The van der Waals surface area contributed by atoms with Gasteiger partial charge < -0.3 is 4.74 Å². The average Bonchev–Trinajstić information content (AvgIpc) is 2.83. The van der Waals surface area contributed by atoms with E-state index in [-0.39, 0.29) is 16.7 Å². The zero-order valence-electron chi connectivity index (χ0n) is 25.2. The summed E-state index contributed by atoms with van der Waals surface area (Å²) in [6.45, 7) is 21.8. The first-order valence-electron chi connectivity index (χ1n) is 13.5. The van der Waals surface area contributed by atoms with Crippen LogP contribution in [-0.2, 0) is 17.3 Å². The molecule has 38 heavy (non-hydrogen) atoms. The molecule has 1 aromatic heterocycles. The van der Waals surface area contributed by atoms with Gasteiger partial charge in [0.15, 0.2) is 0 Å². The van der Waals surface area contributed by atoms with Crippen molar-refractivity contribution in [3.8, 4) is 5.75 Å². The Morgan fingerprint density at radius 3 is 1.66 bits per heavy atom. The molecule has 2 aromatic carbocycles. The van der Waals surface area contributed by atoms with E-state index in [9.17, 15) is 0 Å². The summed E-state index contributed by atoms with van der Waals surface area (Å²) in [5, 5.41) is 0. The summed E-state index contributed by atoms with van der Waals surface area (Å²) in [6.07, 6.45) is 2.60. The van der Waals surface area contributed by atoms with Crippen LogP contribution in [0.4, 0.5) is 11.4 Å². The van der Waals surface area contributed by atoms with Crippen molar-refractivity contribution in [3.05, 3.63) is 82.7 Å². The lowest BCUT2D eigenvalue weighted by atomic mass is 9.85. The number of ether oxygens (including phenoxy) is 1. The van der Waals surface area contributed by atoms with Gasteiger partial charge >= 0.3 is 0 Å². The molecule has 1 heterocycles. The van der Waals surface area contributed by atoms with E-state index in [2.05, 4.69) is 111 Å². The molecule has 0 atom stereocenters. The first-order chi connectivity index (χ1) is 17.7. The number of hydrogen-bond donors (Lipinski definition) is 0. The number of rotatable bonds is 7. The van der Waals surface area contributed by atoms with E-state index in [1.807, 2.05) is 13.1 Å². The van der Waals surface area contributed by atoms with Crippen LogP contribution in [0.15, 0.2) is 64.7 Å². The van der Waals surface area contributed by atoms with Gasteiger partial charge in [0.2, 0.25) is 0 Å². The third-order valence-electron chi connectivity index (χ3n) is 7.17. The first kappa shape index (κ1) is 29.3. The lowest BCUT2D eigenvalue weighted by Crippen LogP contribution is -2.24. The number of benzene rings is 2. The molecule has 4 heteroatoms. The molecule has 0 amide bonds. The maximum Gasteiger partial charge on any atom is 0.128 e. The molecule has 0 bridgehead atoms. The number of aliphatic imine (C=N–C) groups is 2. The van der Waals surface area contributed by atoms with E-state index in [0.717, 1.165) is 45.4 Å². The van der Waals surface area contributed by atoms with Crippen molar-refractivity contribution < 1.29 is 4.74 Å². The zero-order valence-corrected chi connectivity index (χ0v) is 25.2. The van der Waals surface area contributed by atoms with Crippen LogP contribution < -0.4 is 4.74 Å². The van der Waals surface area contributed by atoms with E-state index in [0.29, 0.717) is 6.42 Å². The molecule has 4 nitrogen and oxygen atoms in total. The summed E-state index contributed by atoms with van der Waals surface area (Å²) in [7, 11) is 1.73. The summed E-state index contributed by atoms with van der Waals surface area (Å²) in [5.41, 5.74) is 9.65. The second-order valence-corrected chi connectivity index (χ2v) is 12.3. The maximum atomic E-state index is 5.72. The van der Waals surface area contributed by atoms with Gasteiger partial charge in [-0.3, -0.25) is 15.0 Å². The first-order valence-corrected chi connectivity index (χ1v) is 13.5. The van der Waals surface area contributed by atoms with Gasteiger partial charge in [0.1, 0.15) is 5.75 Å². The van der Waals surface area contributed by atoms with Crippen molar-refractivity contribution in [2.45, 2.75) is 86.5 Å². The fraction of sp³-hybridized carbons (Fsp3) is 0.441. The predicted octanol–water partition coefficient (Wildman–Crippen LogP) is 9.05. The highest BCUT2D eigenvalue weighted by Gasteiger charge is 2.24. The number of nitrogens with zero attached hydrogens (tertiary/aromatic N) is 3. The molecule has 3 aromatic rings. The van der Waals surface area contributed by atoms with Crippen LogP contribution in [0.25, 0.3) is 0 Å². The Morgan fingerprint density at radius 1 is 0.789 bits per heavy atom. The number of methoxy groups -OCH3 is 1. The highest BCUT2D eigenvalue weighted by atomic mass is 16.5. The van der Waals surface area contributed by atoms with E-state index in [4.69, 9.17) is 19.7 Å². The van der Waals surface area contributed by atoms with Crippen molar-refractivity contribution in [1.29, 1.82) is 0 Å². The third-order valence-corrected chi connectivity index (χ3v) is 7.17. The number of aromatic nitrogens is 1. The molecule has 0 fully saturated rings. The standard InChI is InChI=1S/C34H45N3O/c1-22-21-35-31(23(2)32(22)38-11)20-26(24(3)36-29-18-14-12-16-27(29)33(5,6)7)25(4)37-30-19-15-13-17-28(30)34(8,9)10/h12-19,21,26H,20H2,1-11H3/b36-24+,37-25+. The van der Waals surface area contributed by atoms with Crippen LogP contribution >= 0.6 is 0 Å². The SMILES string of the molecule is COc1c(C)cnc(CC(/C(C)=N/c2ccccc2C(C)(C)C)/C(C)=N/c2ccccc2C(C)(C)C)c1C. The average molecular weight is 512 g/mol. The Labute approximate surface area is 230 Å². The van der Waals surface area contributed by atoms with Gasteiger partial charge in [-0.15, -0.1) is 0 Å². The second-order valence-electron chi connectivity index (χ2n) is 12.3. The number of hydrogen-bond acceptors (Lipinski definition) is 4. The van der Waals surface area contributed by atoms with Crippen molar-refractivity contribution in [1.82, 2.24) is 4.98 Å². The Hall–Kier alpha value is -3.27. The van der Waals surface area contributed by atoms with Crippen LogP contribution in [0.1, 0.15) is 83.3 Å². The molecule has 0 aliphatic heterocycles. The van der Waals surface area contributed by atoms with Crippen LogP contribution in [-0.4, -0.2) is 23.5 Å². The van der Waals surface area contributed by atoms with Crippen molar-refractivity contribution in [3.63, 3.8) is 0 Å². The zero-order chi connectivity index (χ0) is 28.3. The molecule has 0 aliphatic carbocycles. The van der Waals surface area contributed by atoms with Gasteiger partial charge in [0, 0.05) is 46.8 Å². The van der Waals surface area contributed by atoms with Gasteiger partial charge in [-0.05, 0) is 61.8 Å². The van der Waals surface area contributed by atoms with Crippen LogP contribution in [0, 0.1) is 19.8 Å². The van der Waals surface area contributed by atoms with Gasteiger partial charge in [0.05, 0.1) is 18.5 Å². The van der Waals surface area contributed by atoms with E-state index >= 15 is 0 Å². The van der Waals surface area contributed by atoms with E-state index < -0.39 is 0 Å². The third kappa shape index (κ3) is 6.78. The normalized spacial score (nSPS) is 13.3. The lowest BCUT2D eigenvalue weighted by Gasteiger charge is -2.24. The van der Waals surface area contributed by atoms with E-state index in [1.54, 1.807) is 7.11 Å². The molecule has 0 N–H and O–H groups in total. The fourth-order valence-electron chi connectivity index (χ4n) is 5.01. The summed E-state index contributed by atoms with van der Waals surface area (Å²) in [6, 6.07) is 16.9. The van der Waals surface area contributed by atoms with Crippen molar-refractivity contribution in [2.24, 2.45) is 15.9 Å². The number of aryl methyl sites for hydroxylation is 1. The molecular formula is C34H45N3O. The van der Waals surface area contributed by atoms with Gasteiger partial charge in [-0.2, -0.15) is 0 Å². The van der Waals surface area contributed by atoms with Crippen molar-refractivity contribution in [2.75, 3.05) is 7.11 Å². The quantitative estimate of drug-likeness (QED) is 0.297. The van der Waals surface area contributed by atoms with Crippen LogP contribution in [0.5, 0.6) is 5.75 Å².